The highest BCUT2D eigenvalue weighted by atomic mass is 35.5. The standard InChI is InChI=1S/C25H23ClN2O2S2/c1-16(2)31-19-11-9-18(10-12-19)24(29)28(15-17-7-5-4-6-8-17)25-27-22-21(30-3)14-13-20(26)23(22)32-25/h4-14,16H,15H2,1-3H3. The molecule has 4 aromatic rings. The van der Waals surface area contributed by atoms with E-state index in [9.17, 15) is 4.79 Å². The summed E-state index contributed by atoms with van der Waals surface area (Å²) < 4.78 is 6.26. The number of hydrogen-bond acceptors (Lipinski definition) is 5. The molecule has 0 fully saturated rings. The second-order valence-electron chi connectivity index (χ2n) is 7.49. The van der Waals surface area contributed by atoms with Crippen LogP contribution in [0.1, 0.15) is 29.8 Å². The molecule has 0 spiro atoms. The first kappa shape index (κ1) is 22.6. The van der Waals surface area contributed by atoms with Crippen LogP contribution in [0.4, 0.5) is 5.13 Å². The number of halogens is 1. The fourth-order valence-corrected chi connectivity index (χ4v) is 5.41. The smallest absolute Gasteiger partial charge is 0.260 e. The molecule has 0 N–H and O–H groups in total. The van der Waals surface area contributed by atoms with Crippen LogP contribution >= 0.6 is 34.7 Å². The summed E-state index contributed by atoms with van der Waals surface area (Å²) in [5.41, 5.74) is 2.30. The summed E-state index contributed by atoms with van der Waals surface area (Å²) in [5, 5.41) is 1.65. The summed E-state index contributed by atoms with van der Waals surface area (Å²) >= 11 is 9.59. The lowest BCUT2D eigenvalue weighted by Gasteiger charge is -2.20. The van der Waals surface area contributed by atoms with Gasteiger partial charge in [0.2, 0.25) is 0 Å². The Morgan fingerprint density at radius 2 is 1.81 bits per heavy atom. The number of amides is 1. The zero-order valence-corrected chi connectivity index (χ0v) is 20.4. The fourth-order valence-electron chi connectivity index (χ4n) is 3.32. The third-order valence-electron chi connectivity index (χ3n) is 4.80. The summed E-state index contributed by atoms with van der Waals surface area (Å²) in [6.07, 6.45) is 0. The van der Waals surface area contributed by atoms with E-state index in [1.54, 1.807) is 35.9 Å². The van der Waals surface area contributed by atoms with Gasteiger partial charge in [-0.2, -0.15) is 0 Å². The maximum absolute atomic E-state index is 13.6. The molecule has 4 nitrogen and oxygen atoms in total. The Morgan fingerprint density at radius 1 is 1.09 bits per heavy atom. The van der Waals surface area contributed by atoms with Gasteiger partial charge in [-0.1, -0.05) is 67.1 Å². The predicted octanol–water partition coefficient (Wildman–Crippen LogP) is 7.31. The molecule has 32 heavy (non-hydrogen) atoms. The Bertz CT molecular complexity index is 1220. The third kappa shape index (κ3) is 4.93. The molecular weight excluding hydrogens is 460 g/mol. The van der Waals surface area contributed by atoms with Crippen molar-refractivity contribution in [1.29, 1.82) is 0 Å². The number of aromatic nitrogens is 1. The molecule has 7 heteroatoms. The van der Waals surface area contributed by atoms with E-state index in [1.807, 2.05) is 54.6 Å². The average Bonchev–Trinajstić information content (AvgIpc) is 3.24. The van der Waals surface area contributed by atoms with Gasteiger partial charge in [0.25, 0.3) is 5.91 Å². The van der Waals surface area contributed by atoms with Crippen molar-refractivity contribution < 1.29 is 9.53 Å². The lowest BCUT2D eigenvalue weighted by atomic mass is 10.1. The van der Waals surface area contributed by atoms with Crippen LogP contribution in [0.25, 0.3) is 10.2 Å². The molecule has 0 saturated heterocycles. The molecule has 1 amide bonds. The number of thiazole rings is 1. The van der Waals surface area contributed by atoms with Crippen molar-refractivity contribution in [2.45, 2.75) is 30.5 Å². The Kier molecular flexibility index (Phi) is 7.04. The molecular formula is C25H23ClN2O2S2. The van der Waals surface area contributed by atoms with E-state index in [-0.39, 0.29) is 5.91 Å². The maximum Gasteiger partial charge on any atom is 0.260 e. The normalized spacial score (nSPS) is 11.2. The van der Waals surface area contributed by atoms with Crippen molar-refractivity contribution >= 4 is 56.0 Å². The van der Waals surface area contributed by atoms with E-state index in [2.05, 4.69) is 13.8 Å². The van der Waals surface area contributed by atoms with E-state index in [0.29, 0.717) is 38.8 Å². The number of anilines is 1. The summed E-state index contributed by atoms with van der Waals surface area (Å²) in [6, 6.07) is 21.2. The molecule has 0 bridgehead atoms. The zero-order valence-electron chi connectivity index (χ0n) is 18.0. The van der Waals surface area contributed by atoms with Crippen LogP contribution in [-0.2, 0) is 6.54 Å². The minimum absolute atomic E-state index is 0.107. The van der Waals surface area contributed by atoms with Gasteiger partial charge in [0.1, 0.15) is 11.3 Å². The van der Waals surface area contributed by atoms with Crippen molar-refractivity contribution in [3.63, 3.8) is 0 Å². The first-order valence-corrected chi connectivity index (χ1v) is 12.3. The molecule has 0 aliphatic heterocycles. The summed E-state index contributed by atoms with van der Waals surface area (Å²) in [4.78, 5) is 21.2. The van der Waals surface area contributed by atoms with Crippen LogP contribution in [0, 0.1) is 0 Å². The number of fused-ring (bicyclic) bond motifs is 1. The van der Waals surface area contributed by atoms with Gasteiger partial charge in [-0.25, -0.2) is 4.98 Å². The lowest BCUT2D eigenvalue weighted by Crippen LogP contribution is -2.30. The van der Waals surface area contributed by atoms with Gasteiger partial charge in [0.15, 0.2) is 5.13 Å². The van der Waals surface area contributed by atoms with Crippen LogP contribution in [0.2, 0.25) is 5.02 Å². The number of carbonyl (C=O) groups is 1. The predicted molar refractivity (Wildman–Crippen MR) is 136 cm³/mol. The lowest BCUT2D eigenvalue weighted by molar-refractivity contribution is 0.0985. The molecule has 4 rings (SSSR count). The van der Waals surface area contributed by atoms with Gasteiger partial charge in [-0.15, -0.1) is 11.8 Å². The molecule has 0 saturated carbocycles. The van der Waals surface area contributed by atoms with Crippen LogP contribution in [0.3, 0.4) is 0 Å². The highest BCUT2D eigenvalue weighted by molar-refractivity contribution is 7.99. The highest BCUT2D eigenvalue weighted by Crippen LogP contribution is 2.39. The van der Waals surface area contributed by atoms with E-state index < -0.39 is 0 Å². The van der Waals surface area contributed by atoms with E-state index >= 15 is 0 Å². The van der Waals surface area contributed by atoms with Gasteiger partial charge in [-0.05, 0) is 42.0 Å². The number of hydrogen-bond donors (Lipinski definition) is 0. The molecule has 0 aliphatic rings. The minimum atomic E-state index is -0.107. The van der Waals surface area contributed by atoms with Crippen molar-refractivity contribution in [3.8, 4) is 5.75 Å². The molecule has 0 radical (unpaired) electrons. The second-order valence-corrected chi connectivity index (χ2v) is 10.5. The molecule has 1 heterocycles. The monoisotopic (exact) mass is 482 g/mol. The number of benzene rings is 3. The fraction of sp³-hybridized carbons (Fsp3) is 0.200. The van der Waals surface area contributed by atoms with Gasteiger partial charge < -0.3 is 4.74 Å². The number of nitrogens with zero attached hydrogens (tertiary/aromatic N) is 2. The Balaban J connectivity index is 1.74. The Hall–Kier alpha value is -2.54. The van der Waals surface area contributed by atoms with Gasteiger partial charge in [-0.3, -0.25) is 9.69 Å². The van der Waals surface area contributed by atoms with Crippen LogP contribution in [-0.4, -0.2) is 23.3 Å². The van der Waals surface area contributed by atoms with Gasteiger partial charge >= 0.3 is 0 Å². The quantitative estimate of drug-likeness (QED) is 0.259. The topological polar surface area (TPSA) is 42.4 Å². The zero-order chi connectivity index (χ0) is 22.7. The molecule has 0 atom stereocenters. The molecule has 0 unspecified atom stereocenters. The third-order valence-corrected chi connectivity index (χ3v) is 7.35. The number of methoxy groups -OCH3 is 1. The maximum atomic E-state index is 13.6. The van der Waals surface area contributed by atoms with Crippen molar-refractivity contribution in [2.75, 3.05) is 12.0 Å². The highest BCUT2D eigenvalue weighted by Gasteiger charge is 2.23. The van der Waals surface area contributed by atoms with Gasteiger partial charge in [0.05, 0.1) is 23.4 Å². The summed E-state index contributed by atoms with van der Waals surface area (Å²) in [5.74, 6) is 0.526. The minimum Gasteiger partial charge on any atom is -0.494 e. The second kappa shape index (κ2) is 9.94. The SMILES string of the molecule is COc1ccc(Cl)c2sc(N(Cc3ccccc3)C(=O)c3ccc(SC(C)C)cc3)nc12. The van der Waals surface area contributed by atoms with Gasteiger partial charge in [0, 0.05) is 15.7 Å². The Labute approximate surface area is 201 Å². The number of carbonyl (C=O) groups excluding carboxylic acids is 1. The van der Waals surface area contributed by atoms with Crippen LogP contribution < -0.4 is 9.64 Å². The molecule has 164 valence electrons. The Morgan fingerprint density at radius 3 is 2.47 bits per heavy atom. The van der Waals surface area contributed by atoms with E-state index in [4.69, 9.17) is 21.3 Å². The summed E-state index contributed by atoms with van der Waals surface area (Å²) in [6.45, 7) is 4.71. The molecule has 3 aromatic carbocycles. The average molecular weight is 483 g/mol. The van der Waals surface area contributed by atoms with E-state index in [1.165, 1.54) is 11.3 Å². The van der Waals surface area contributed by atoms with Crippen molar-refractivity contribution in [1.82, 2.24) is 4.98 Å². The molecule has 0 aliphatic carbocycles. The van der Waals surface area contributed by atoms with E-state index in [0.717, 1.165) is 15.2 Å². The summed E-state index contributed by atoms with van der Waals surface area (Å²) in [7, 11) is 1.60. The first-order valence-electron chi connectivity index (χ1n) is 10.2. The van der Waals surface area contributed by atoms with Crippen molar-refractivity contribution in [2.24, 2.45) is 0 Å². The van der Waals surface area contributed by atoms with Crippen LogP contribution in [0.15, 0.2) is 71.6 Å². The van der Waals surface area contributed by atoms with Crippen LogP contribution in [0.5, 0.6) is 5.75 Å². The largest absolute Gasteiger partial charge is 0.494 e. The number of rotatable bonds is 7. The number of ether oxygens (including phenoxy) is 1. The molecule has 1 aromatic heterocycles. The number of thioether (sulfide) groups is 1. The first-order chi connectivity index (χ1) is 15.5. The van der Waals surface area contributed by atoms with Crippen molar-refractivity contribution in [3.05, 3.63) is 82.9 Å².